The zero-order chi connectivity index (χ0) is 6.95. The highest BCUT2D eigenvalue weighted by Gasteiger charge is 1.65. The Bertz CT molecular complexity index is 140. The van der Waals surface area contributed by atoms with Crippen LogP contribution in [-0.4, -0.2) is 0 Å². The molecule has 1 heteroatoms. The zero-order valence-corrected chi connectivity index (χ0v) is 6.64. The van der Waals surface area contributed by atoms with Gasteiger partial charge in [-0.15, -0.1) is 0 Å². The van der Waals surface area contributed by atoms with Crippen LogP contribution in [0.5, 0.6) is 0 Å². The molecule has 0 unspecified atom stereocenters. The van der Waals surface area contributed by atoms with Crippen molar-refractivity contribution in [2.24, 2.45) is 0 Å². The van der Waals surface area contributed by atoms with Crippen molar-refractivity contribution < 1.29 is 0 Å². The molecule has 0 aromatic carbocycles. The molecule has 48 valence electrons. The molecule has 0 bridgehead atoms. The van der Waals surface area contributed by atoms with Crippen molar-refractivity contribution in [3.05, 3.63) is 0 Å². The third kappa shape index (κ3) is 7.47. The van der Waals surface area contributed by atoms with Crippen LogP contribution in [0, 0.1) is 22.3 Å². The maximum atomic E-state index is 2.92. The van der Waals surface area contributed by atoms with Crippen LogP contribution in [0.15, 0.2) is 0 Å². The van der Waals surface area contributed by atoms with Crippen molar-refractivity contribution in [2.45, 2.75) is 26.7 Å². The molecule has 0 aromatic heterocycles. The van der Waals surface area contributed by atoms with E-state index in [0.29, 0.717) is 0 Å². The summed E-state index contributed by atoms with van der Waals surface area (Å²) in [5.74, 6) is 5.84. The zero-order valence-electron chi connectivity index (χ0n) is 5.82. The minimum atomic E-state index is 0.917. The molecule has 0 rings (SSSR count). The summed E-state index contributed by atoms with van der Waals surface area (Å²) in [5.41, 5.74) is 0. The van der Waals surface area contributed by atoms with E-state index in [4.69, 9.17) is 0 Å². The van der Waals surface area contributed by atoms with Gasteiger partial charge in [-0.3, -0.25) is 0 Å². The summed E-state index contributed by atoms with van der Waals surface area (Å²) in [7, 11) is 0. The maximum Gasteiger partial charge on any atom is 0.0134 e. The first-order chi connectivity index (χ1) is 4.41. The van der Waals surface area contributed by atoms with Gasteiger partial charge >= 0.3 is 0 Å². The fourth-order valence-electron chi connectivity index (χ4n) is 0.242. The summed E-state index contributed by atoms with van der Waals surface area (Å²) in [6.07, 6.45) is 1.83. The standard InChI is InChI=1S/C8H10S/c1-3-5-7-9-8-6-4-2/h3-4H2,1-2H3. The Labute approximate surface area is 61.4 Å². The minimum absolute atomic E-state index is 0.917. The van der Waals surface area contributed by atoms with Crippen LogP contribution in [-0.2, 0) is 0 Å². The van der Waals surface area contributed by atoms with Crippen molar-refractivity contribution in [1.29, 1.82) is 0 Å². The highest BCUT2D eigenvalue weighted by molar-refractivity contribution is 8.08. The first-order valence-electron chi connectivity index (χ1n) is 3.03. The molecule has 0 aliphatic heterocycles. The fraction of sp³-hybridized carbons (Fsp3) is 0.500. The predicted molar refractivity (Wildman–Crippen MR) is 43.7 cm³/mol. The largest absolute Gasteiger partial charge is 0.0906 e. The number of hydrogen-bond donors (Lipinski definition) is 0. The summed E-state index contributed by atoms with van der Waals surface area (Å²) in [6.45, 7) is 4.06. The second kappa shape index (κ2) is 7.47. The summed E-state index contributed by atoms with van der Waals surface area (Å²) in [4.78, 5) is 0. The first-order valence-corrected chi connectivity index (χ1v) is 3.85. The van der Waals surface area contributed by atoms with E-state index in [1.807, 2.05) is 13.8 Å². The van der Waals surface area contributed by atoms with Gasteiger partial charge in [-0.05, 0) is 10.5 Å². The molecule has 0 fully saturated rings. The van der Waals surface area contributed by atoms with E-state index in [2.05, 4.69) is 22.3 Å². The monoisotopic (exact) mass is 138 g/mol. The van der Waals surface area contributed by atoms with Gasteiger partial charge in [-0.2, -0.15) is 0 Å². The van der Waals surface area contributed by atoms with Crippen molar-refractivity contribution in [3.8, 4) is 22.3 Å². The minimum Gasteiger partial charge on any atom is -0.0906 e. The van der Waals surface area contributed by atoms with E-state index in [1.165, 1.54) is 11.8 Å². The molecule has 0 aromatic rings. The lowest BCUT2D eigenvalue weighted by atomic mass is 10.5. The Hall–Kier alpha value is -0.530. The van der Waals surface area contributed by atoms with Gasteiger partial charge in [0.15, 0.2) is 0 Å². The quantitative estimate of drug-likeness (QED) is 0.463. The number of hydrogen-bond acceptors (Lipinski definition) is 1. The third-order valence-corrected chi connectivity index (χ3v) is 1.09. The van der Waals surface area contributed by atoms with Crippen molar-refractivity contribution in [2.75, 3.05) is 0 Å². The Kier molecular flexibility index (Phi) is 7.03. The predicted octanol–water partition coefficient (Wildman–Crippen LogP) is 2.46. The SMILES string of the molecule is CCC#CSC#CCC. The Morgan fingerprint density at radius 3 is 1.78 bits per heavy atom. The summed E-state index contributed by atoms with van der Waals surface area (Å²) >= 11 is 1.38. The molecule has 0 heterocycles. The van der Waals surface area contributed by atoms with Crippen molar-refractivity contribution >= 4 is 11.8 Å². The van der Waals surface area contributed by atoms with Gasteiger partial charge in [0.1, 0.15) is 0 Å². The van der Waals surface area contributed by atoms with Crippen LogP contribution < -0.4 is 0 Å². The molecule has 0 aliphatic carbocycles. The van der Waals surface area contributed by atoms with Gasteiger partial charge in [0.25, 0.3) is 0 Å². The molecule has 0 nitrogen and oxygen atoms in total. The fourth-order valence-corrected chi connectivity index (χ4v) is 0.726. The summed E-state index contributed by atoms with van der Waals surface area (Å²) in [6, 6.07) is 0. The van der Waals surface area contributed by atoms with Gasteiger partial charge in [0.2, 0.25) is 0 Å². The lowest BCUT2D eigenvalue weighted by Gasteiger charge is -1.69. The molecule has 0 amide bonds. The summed E-state index contributed by atoms with van der Waals surface area (Å²) in [5, 5.41) is 5.73. The molecule has 0 atom stereocenters. The lowest BCUT2D eigenvalue weighted by Crippen LogP contribution is -1.51. The molecule has 0 aliphatic rings. The number of rotatable bonds is 0. The van der Waals surface area contributed by atoms with E-state index in [0.717, 1.165) is 12.8 Å². The van der Waals surface area contributed by atoms with Gasteiger partial charge in [0, 0.05) is 24.6 Å². The smallest absolute Gasteiger partial charge is 0.0134 e. The van der Waals surface area contributed by atoms with Crippen molar-refractivity contribution in [1.82, 2.24) is 0 Å². The maximum absolute atomic E-state index is 2.92. The molecule has 0 saturated carbocycles. The first kappa shape index (κ1) is 8.47. The van der Waals surface area contributed by atoms with E-state index in [-0.39, 0.29) is 0 Å². The normalized spacial score (nSPS) is 6.44. The highest BCUT2D eigenvalue weighted by atomic mass is 32.2. The molecule has 0 spiro atoms. The second-order valence-electron chi connectivity index (χ2n) is 1.37. The molecular weight excluding hydrogens is 128 g/mol. The Morgan fingerprint density at radius 1 is 1.00 bits per heavy atom. The Morgan fingerprint density at radius 2 is 1.44 bits per heavy atom. The molecule has 9 heavy (non-hydrogen) atoms. The van der Waals surface area contributed by atoms with Crippen molar-refractivity contribution in [3.63, 3.8) is 0 Å². The average Bonchev–Trinajstić information content (AvgIpc) is 1.89. The molecular formula is C8H10S. The number of thioether (sulfide) groups is 1. The average molecular weight is 138 g/mol. The van der Waals surface area contributed by atoms with Crippen LogP contribution in [0.4, 0.5) is 0 Å². The lowest BCUT2D eigenvalue weighted by molar-refractivity contribution is 1.28. The van der Waals surface area contributed by atoms with Crippen LogP contribution in [0.3, 0.4) is 0 Å². The molecule has 0 N–H and O–H groups in total. The van der Waals surface area contributed by atoms with Crippen LogP contribution in [0.25, 0.3) is 0 Å². The third-order valence-electron chi connectivity index (χ3n) is 0.600. The van der Waals surface area contributed by atoms with E-state index >= 15 is 0 Å². The van der Waals surface area contributed by atoms with Gasteiger partial charge < -0.3 is 0 Å². The van der Waals surface area contributed by atoms with E-state index in [9.17, 15) is 0 Å². The molecule has 0 saturated heterocycles. The topological polar surface area (TPSA) is 0 Å². The summed E-state index contributed by atoms with van der Waals surface area (Å²) < 4.78 is 0. The Balaban J connectivity index is 3.28. The van der Waals surface area contributed by atoms with Crippen LogP contribution >= 0.6 is 11.8 Å². The van der Waals surface area contributed by atoms with E-state index in [1.54, 1.807) is 0 Å². The highest BCUT2D eigenvalue weighted by Crippen LogP contribution is 1.91. The van der Waals surface area contributed by atoms with Gasteiger partial charge in [-0.25, -0.2) is 0 Å². The van der Waals surface area contributed by atoms with E-state index < -0.39 is 0 Å². The second-order valence-corrected chi connectivity index (χ2v) is 1.98. The van der Waals surface area contributed by atoms with Gasteiger partial charge in [0.05, 0.1) is 0 Å². The van der Waals surface area contributed by atoms with Gasteiger partial charge in [-0.1, -0.05) is 25.7 Å². The molecule has 0 radical (unpaired) electrons. The van der Waals surface area contributed by atoms with Crippen LogP contribution in [0.2, 0.25) is 0 Å². The van der Waals surface area contributed by atoms with Crippen LogP contribution in [0.1, 0.15) is 26.7 Å².